The molecule has 0 aromatic heterocycles. The van der Waals surface area contributed by atoms with Crippen LogP contribution in [-0.4, -0.2) is 24.0 Å². The van der Waals surface area contributed by atoms with Gasteiger partial charge in [-0.1, -0.05) is 59.7 Å². The fraction of sp³-hybridized carbons (Fsp3) is 0.391. The van der Waals surface area contributed by atoms with Crippen LogP contribution in [0.5, 0.6) is 0 Å². The molecule has 0 saturated carbocycles. The fourth-order valence-electron chi connectivity index (χ4n) is 3.84. The minimum atomic E-state index is 0. The molecule has 0 amide bonds. The first-order valence-corrected chi connectivity index (χ1v) is 9.59. The quantitative estimate of drug-likeness (QED) is 0.521. The first-order valence-electron chi connectivity index (χ1n) is 9.59. The molecule has 0 N–H and O–H groups in total. The summed E-state index contributed by atoms with van der Waals surface area (Å²) in [5.41, 5.74) is 4.86. The van der Waals surface area contributed by atoms with Gasteiger partial charge in [0.05, 0.1) is 6.42 Å². The minimum absolute atomic E-state index is 0. The molecule has 0 spiro atoms. The van der Waals surface area contributed by atoms with E-state index in [9.17, 15) is 0 Å². The molecule has 4 atom stereocenters. The molecule has 4 nitrogen and oxygen atoms in total. The topological polar surface area (TPSA) is 43.2 Å². The van der Waals surface area contributed by atoms with Gasteiger partial charge in [0.1, 0.15) is 24.3 Å². The molecular formula is C23H26Cl2N2NiO2. The molecule has 164 valence electrons. The number of hydrogen-bond donors (Lipinski definition) is 0. The molecular weight excluding hydrogens is 466 g/mol. The monoisotopic (exact) mass is 490 g/mol. The Hall–Kier alpha value is -1.55. The summed E-state index contributed by atoms with van der Waals surface area (Å²) in [7, 11) is 0. The molecule has 2 aromatic carbocycles. The van der Waals surface area contributed by atoms with Crippen molar-refractivity contribution in [3.8, 4) is 0 Å². The molecule has 2 aromatic rings. The maximum absolute atomic E-state index is 6.01. The van der Waals surface area contributed by atoms with Crippen LogP contribution in [0.25, 0.3) is 0 Å². The van der Waals surface area contributed by atoms with Crippen LogP contribution < -0.4 is 24.8 Å². The fourth-order valence-corrected chi connectivity index (χ4v) is 3.84. The summed E-state index contributed by atoms with van der Waals surface area (Å²) >= 11 is 0. The Bertz CT molecular complexity index is 846. The number of ether oxygens (including phenoxy) is 2. The molecule has 2 unspecified atom stereocenters. The van der Waals surface area contributed by atoms with Crippen molar-refractivity contribution in [3.63, 3.8) is 0 Å². The van der Waals surface area contributed by atoms with Crippen LogP contribution in [0, 0.1) is 13.8 Å². The zero-order valence-corrected chi connectivity index (χ0v) is 19.9. The van der Waals surface area contributed by atoms with E-state index in [-0.39, 0.29) is 65.6 Å². The van der Waals surface area contributed by atoms with Crippen molar-refractivity contribution in [2.24, 2.45) is 9.98 Å². The Labute approximate surface area is 201 Å². The van der Waals surface area contributed by atoms with Crippen molar-refractivity contribution in [1.82, 2.24) is 0 Å². The molecule has 0 aliphatic carbocycles. The number of aliphatic imine (C=N–C) groups is 2. The average molecular weight is 492 g/mol. The van der Waals surface area contributed by atoms with Crippen LogP contribution in [0.3, 0.4) is 0 Å². The summed E-state index contributed by atoms with van der Waals surface area (Å²) in [6.45, 7) is 8.34. The number of hydrogen-bond acceptors (Lipinski definition) is 4. The molecule has 7 heteroatoms. The molecule has 2 aliphatic heterocycles. The third-order valence-corrected chi connectivity index (χ3v) is 5.17. The van der Waals surface area contributed by atoms with Crippen molar-refractivity contribution >= 4 is 11.8 Å². The van der Waals surface area contributed by atoms with E-state index in [2.05, 4.69) is 76.2 Å². The van der Waals surface area contributed by atoms with Crippen LogP contribution in [0.15, 0.2) is 58.5 Å². The molecule has 0 radical (unpaired) electrons. The number of halogens is 2. The molecule has 0 bridgehead atoms. The van der Waals surface area contributed by atoms with Crippen molar-refractivity contribution in [3.05, 3.63) is 70.8 Å². The van der Waals surface area contributed by atoms with Crippen molar-refractivity contribution in [1.29, 1.82) is 0 Å². The summed E-state index contributed by atoms with van der Waals surface area (Å²) in [6.07, 6.45) is 0.557. The van der Waals surface area contributed by atoms with Crippen LogP contribution >= 0.6 is 0 Å². The second-order valence-corrected chi connectivity index (χ2v) is 7.59. The third-order valence-electron chi connectivity index (χ3n) is 5.17. The first-order chi connectivity index (χ1) is 13.0. The molecule has 0 fully saturated rings. The smallest absolute Gasteiger partial charge is 1.00 e. The SMILES string of the molecule is Cc1cccc([C@H]2N=C(CC3=N[C@H](c4cccc(C)c4)C(C)O3)OC2C)c1.[Cl-].[Cl-].[Ni+2]. The first kappa shape index (κ1) is 26.5. The second kappa shape index (κ2) is 11.2. The number of rotatable bonds is 4. The minimum Gasteiger partial charge on any atom is -1.00 e. The van der Waals surface area contributed by atoms with Crippen LogP contribution in [0.4, 0.5) is 0 Å². The van der Waals surface area contributed by atoms with Gasteiger partial charge in [-0.05, 0) is 38.8 Å². The maximum Gasteiger partial charge on any atom is 2.00 e. The molecule has 30 heavy (non-hydrogen) atoms. The summed E-state index contributed by atoms with van der Waals surface area (Å²) < 4.78 is 12.0. The van der Waals surface area contributed by atoms with Gasteiger partial charge < -0.3 is 34.3 Å². The number of aryl methyl sites for hydroxylation is 2. The third kappa shape index (κ3) is 5.78. The van der Waals surface area contributed by atoms with E-state index in [1.54, 1.807) is 0 Å². The van der Waals surface area contributed by atoms with Gasteiger partial charge in [0.25, 0.3) is 0 Å². The van der Waals surface area contributed by atoms with Gasteiger partial charge in [0, 0.05) is 0 Å². The Kier molecular flexibility index (Phi) is 9.87. The van der Waals surface area contributed by atoms with E-state index in [0.29, 0.717) is 18.2 Å². The Morgan fingerprint density at radius 3 is 1.50 bits per heavy atom. The van der Waals surface area contributed by atoms with E-state index in [0.717, 1.165) is 0 Å². The summed E-state index contributed by atoms with van der Waals surface area (Å²) in [5, 5.41) is 0. The molecule has 2 aliphatic rings. The van der Waals surface area contributed by atoms with Crippen molar-refractivity contribution in [2.45, 2.75) is 58.4 Å². The summed E-state index contributed by atoms with van der Waals surface area (Å²) in [5.74, 6) is 1.43. The van der Waals surface area contributed by atoms with Gasteiger partial charge in [0.15, 0.2) is 11.8 Å². The van der Waals surface area contributed by atoms with Crippen molar-refractivity contribution < 1.29 is 50.8 Å². The van der Waals surface area contributed by atoms with Crippen molar-refractivity contribution in [2.75, 3.05) is 0 Å². The normalized spacial score (nSPS) is 24.3. The standard InChI is InChI=1S/C23H26N2O2.2ClH.Ni/c1-14-7-5-9-18(11-14)22-16(3)26-20(24-22)13-21-25-23(17(4)27-21)19-10-6-8-15(2)12-19;;;/h5-12,16-17,22-23H,13H2,1-4H3;2*1H;/q;;;+2/p-2/t16?,17?,22-,23-;;;/m0.../s1. The average Bonchev–Trinajstić information content (AvgIpc) is 3.17. The Balaban J connectivity index is 0.00000150. The van der Waals surface area contributed by atoms with E-state index >= 15 is 0 Å². The number of benzene rings is 2. The Morgan fingerprint density at radius 1 is 0.733 bits per heavy atom. The predicted molar refractivity (Wildman–Crippen MR) is 108 cm³/mol. The van der Waals surface area contributed by atoms with Gasteiger partial charge in [-0.3, -0.25) is 0 Å². The van der Waals surface area contributed by atoms with E-state index in [1.807, 2.05) is 0 Å². The van der Waals surface area contributed by atoms with Gasteiger partial charge >= 0.3 is 16.5 Å². The Morgan fingerprint density at radius 2 is 1.13 bits per heavy atom. The van der Waals surface area contributed by atoms with Gasteiger partial charge in [-0.15, -0.1) is 0 Å². The van der Waals surface area contributed by atoms with Gasteiger partial charge in [0.2, 0.25) is 0 Å². The van der Waals surface area contributed by atoms with Crippen LogP contribution in [0.1, 0.15) is 54.6 Å². The molecule has 0 saturated heterocycles. The van der Waals surface area contributed by atoms with Gasteiger partial charge in [-0.2, -0.15) is 0 Å². The van der Waals surface area contributed by atoms with Crippen LogP contribution in [-0.2, 0) is 26.0 Å². The van der Waals surface area contributed by atoms with Crippen LogP contribution in [0.2, 0.25) is 0 Å². The predicted octanol–water partition coefficient (Wildman–Crippen LogP) is -0.884. The zero-order valence-electron chi connectivity index (χ0n) is 17.4. The van der Waals surface area contributed by atoms with Gasteiger partial charge in [-0.25, -0.2) is 9.98 Å². The molecule has 4 rings (SSSR count). The zero-order chi connectivity index (χ0) is 19.0. The van der Waals surface area contributed by atoms with E-state index < -0.39 is 0 Å². The largest absolute Gasteiger partial charge is 2.00 e. The molecule has 2 heterocycles. The second-order valence-electron chi connectivity index (χ2n) is 7.59. The maximum atomic E-state index is 6.01. The number of nitrogens with zero attached hydrogens (tertiary/aromatic N) is 2. The van der Waals surface area contributed by atoms with E-state index in [1.165, 1.54) is 22.3 Å². The van der Waals surface area contributed by atoms with E-state index in [4.69, 9.17) is 19.5 Å². The summed E-state index contributed by atoms with van der Waals surface area (Å²) in [6, 6.07) is 17.0. The summed E-state index contributed by atoms with van der Waals surface area (Å²) in [4.78, 5) is 9.63.